The molecule has 0 amide bonds. The molecule has 0 aliphatic heterocycles. The molecule has 0 N–H and O–H groups in total. The topological polar surface area (TPSA) is 0 Å². The van der Waals surface area contributed by atoms with Crippen molar-refractivity contribution in [1.82, 2.24) is 0 Å². The van der Waals surface area contributed by atoms with E-state index in [1.165, 1.54) is 17.9 Å². The minimum atomic E-state index is 1.34. The van der Waals surface area contributed by atoms with Crippen LogP contribution < -0.4 is 0 Å². The summed E-state index contributed by atoms with van der Waals surface area (Å²) in [7, 11) is 0. The first-order chi connectivity index (χ1) is 2.41. The van der Waals surface area contributed by atoms with Crippen LogP contribution in [0.4, 0.5) is 0 Å². The van der Waals surface area contributed by atoms with E-state index in [9.17, 15) is 0 Å². The zero-order valence-corrected chi connectivity index (χ0v) is 4.12. The molecule has 0 saturated carbocycles. The normalized spacial score (nSPS) is 8.60. The first-order valence-electron chi connectivity index (χ1n) is 2.41. The summed E-state index contributed by atoms with van der Waals surface area (Å²) in [5, 5.41) is 1.34. The van der Waals surface area contributed by atoms with Gasteiger partial charge in [0.25, 0.3) is 0 Å². The third kappa shape index (κ3) is 4.60. The van der Waals surface area contributed by atoms with Crippen LogP contribution >= 0.6 is 0 Å². The molecule has 0 rings (SSSR count). The summed E-state index contributed by atoms with van der Waals surface area (Å²) in [6.07, 6.45) is 2.73. The molecule has 1 heteroatoms. The van der Waals surface area contributed by atoms with Gasteiger partial charge in [-0.3, -0.25) is 0 Å². The summed E-state index contributed by atoms with van der Waals surface area (Å²) in [6, 6.07) is 0. The van der Waals surface area contributed by atoms with E-state index < -0.39 is 0 Å². The Morgan fingerprint density at radius 1 is 1.60 bits per heavy atom. The van der Waals surface area contributed by atoms with Crippen molar-refractivity contribution >= 4 is 17.7 Å². The second kappa shape index (κ2) is 4.60. The number of unbranched alkanes of at least 4 members (excludes halogenated alkanes) is 1. The molecular weight excluding hydrogens is 175 g/mol. The standard InChI is InChI=1S/C4H9.Li/c1-3-4-2;/h1,3-4H2,2H3;/i;1-126. The Bertz CT molecular complexity index is 11.1. The van der Waals surface area contributed by atoms with Gasteiger partial charge in [0.15, 0.2) is 0 Å². The van der Waals surface area contributed by atoms with E-state index in [0.717, 1.165) is 0 Å². The molecule has 0 aromatic rings. The van der Waals surface area contributed by atoms with Crippen molar-refractivity contribution in [2.45, 2.75) is 24.9 Å². The van der Waals surface area contributed by atoms with Gasteiger partial charge in [0.2, 0.25) is 0 Å². The van der Waals surface area contributed by atoms with Crippen molar-refractivity contribution in [2.75, 3.05) is 0 Å². The fourth-order valence-electron chi connectivity index (χ4n) is 0.354. The molecule has 0 fully saturated rings. The molecule has 0 radical (unpaired) electrons. The van der Waals surface area contributed by atoms with E-state index in [2.05, 4.69) is 24.6 Å². The molecule has 0 aliphatic carbocycles. The van der Waals surface area contributed by atoms with Gasteiger partial charge in [-0.2, -0.15) is 0 Å². The quantitative estimate of drug-likeness (QED) is 0.568. The van der Waals surface area contributed by atoms with E-state index in [4.69, 9.17) is 0 Å². The fourth-order valence-corrected chi connectivity index (χ4v) is 0.354. The molecule has 0 saturated heterocycles. The first-order valence-corrected chi connectivity index (χ1v) is 2.41. The van der Waals surface area contributed by atoms with Crippen LogP contribution in [0.25, 0.3) is 0 Å². The molecule has 0 aromatic carbocycles. The van der Waals surface area contributed by atoms with Gasteiger partial charge < -0.3 is 0 Å². The van der Waals surface area contributed by atoms with E-state index in [1.807, 2.05) is 0 Å². The third-order valence-corrected chi connectivity index (χ3v) is 0.707. The van der Waals surface area contributed by atoms with Crippen LogP contribution in [0.15, 0.2) is 0 Å². The Morgan fingerprint density at radius 2 is 2.20 bits per heavy atom. The van der Waals surface area contributed by atoms with E-state index >= 15 is 0 Å². The van der Waals surface area contributed by atoms with Gasteiger partial charge in [-0.15, -0.1) is 0 Å². The van der Waals surface area contributed by atoms with Crippen molar-refractivity contribution in [3.8, 4) is 0 Å². The minimum absolute atomic E-state index is 1.34. The SMILES string of the molecule is [127Li][CH2]CCC. The van der Waals surface area contributed by atoms with Gasteiger partial charge in [-0.1, -0.05) is 0 Å². The second-order valence-electron chi connectivity index (χ2n) is 1.35. The molecular formula is C4H9Li. The predicted molar refractivity (Wildman–Crippen MR) is 25.5 cm³/mol. The Balaban J connectivity index is 2.19. The Hall–Kier alpha value is 0.597. The van der Waals surface area contributed by atoms with Crippen LogP contribution in [0.1, 0.15) is 19.8 Å². The fraction of sp³-hybridized carbons (Fsp3) is 1.00. The monoisotopic (exact) mass is 184 g/mol. The van der Waals surface area contributed by atoms with E-state index in [1.54, 1.807) is 0 Å². The summed E-state index contributed by atoms with van der Waals surface area (Å²) in [5.74, 6) is 0. The summed E-state index contributed by atoms with van der Waals surface area (Å²) in [5.41, 5.74) is 0. The summed E-state index contributed by atoms with van der Waals surface area (Å²) in [4.78, 5) is 0. The van der Waals surface area contributed by atoms with Gasteiger partial charge in [0, 0.05) is 0 Å². The maximum absolute atomic E-state index is 2.21. The third-order valence-electron chi connectivity index (χ3n) is 0.707. The van der Waals surface area contributed by atoms with Crippen LogP contribution in [0.5, 0.6) is 0 Å². The van der Waals surface area contributed by atoms with Crippen molar-refractivity contribution < 1.29 is 0 Å². The molecule has 0 heterocycles. The summed E-state index contributed by atoms with van der Waals surface area (Å²) < 4.78 is 0. The van der Waals surface area contributed by atoms with Gasteiger partial charge in [0.05, 0.1) is 0 Å². The summed E-state index contributed by atoms with van der Waals surface area (Å²) in [6.45, 7) is 2.21. The van der Waals surface area contributed by atoms with Gasteiger partial charge in [-0.05, 0) is 0 Å². The molecule has 0 spiro atoms. The van der Waals surface area contributed by atoms with E-state index in [0.29, 0.717) is 0 Å². The number of hydrogen-bond acceptors (Lipinski definition) is 0. The molecule has 5 heavy (non-hydrogen) atoms. The first kappa shape index (κ1) is 5.60. The molecule has 0 bridgehead atoms. The van der Waals surface area contributed by atoms with Crippen LogP contribution in [0, 0.1) is 0 Å². The van der Waals surface area contributed by atoms with Gasteiger partial charge >= 0.3 is 42.6 Å². The van der Waals surface area contributed by atoms with Gasteiger partial charge in [-0.25, -0.2) is 0 Å². The summed E-state index contributed by atoms with van der Waals surface area (Å²) >= 11 is 2.21. The van der Waals surface area contributed by atoms with Crippen LogP contribution in [0.2, 0.25) is 5.09 Å². The van der Waals surface area contributed by atoms with Crippen molar-refractivity contribution in [3.05, 3.63) is 0 Å². The van der Waals surface area contributed by atoms with Crippen molar-refractivity contribution in [3.63, 3.8) is 0 Å². The molecule has 0 aliphatic rings. The second-order valence-corrected chi connectivity index (χ2v) is 1.35. The number of rotatable bonds is 2. The Labute approximate surface area is 43.2 Å². The Morgan fingerprint density at radius 3 is 2.20 bits per heavy atom. The molecule has 0 aromatic heterocycles. The van der Waals surface area contributed by atoms with Crippen LogP contribution in [0.3, 0.4) is 0 Å². The zero-order chi connectivity index (χ0) is 4.12. The zero-order valence-electron chi connectivity index (χ0n) is 4.12. The average Bonchev–Trinajstić information content (AvgIpc) is 1.41. The molecule has 0 unspecified atom stereocenters. The van der Waals surface area contributed by atoms with E-state index in [-0.39, 0.29) is 0 Å². The van der Waals surface area contributed by atoms with Crippen LogP contribution in [-0.4, -0.2) is 17.7 Å². The molecule has 0 nitrogen and oxygen atoms in total. The number of hydrogen-bond donors (Lipinski definition) is 0. The maximum atomic E-state index is 2.21. The molecule has 0 atom stereocenters. The predicted octanol–water partition coefficient (Wildman–Crippen LogP) is 1.37. The van der Waals surface area contributed by atoms with Crippen LogP contribution in [-0.2, 0) is 0 Å². The van der Waals surface area contributed by atoms with Crippen molar-refractivity contribution in [1.29, 1.82) is 0 Å². The van der Waals surface area contributed by atoms with Gasteiger partial charge in [0.1, 0.15) is 0 Å². The molecule has 26 valence electrons. The Kier molecular flexibility index (Phi) is 5.15. The van der Waals surface area contributed by atoms with Crippen molar-refractivity contribution in [2.24, 2.45) is 0 Å². The average molecular weight is 184 g/mol.